The van der Waals surface area contributed by atoms with Crippen molar-refractivity contribution in [1.29, 1.82) is 0 Å². The molecule has 1 aromatic carbocycles. The number of hydrogen-bond acceptors (Lipinski definition) is 1. The molecule has 1 nitrogen and oxygen atoms in total. The van der Waals surface area contributed by atoms with Crippen molar-refractivity contribution in [2.45, 2.75) is 4.84 Å². The van der Waals surface area contributed by atoms with Crippen LogP contribution in [0.1, 0.15) is 10.4 Å². The summed E-state index contributed by atoms with van der Waals surface area (Å²) in [4.78, 5) is 10.2. The Morgan fingerprint density at radius 1 is 1.25 bits per heavy atom. The first-order valence-corrected chi connectivity index (χ1v) is 4.45. The van der Waals surface area contributed by atoms with Crippen LogP contribution >= 0.6 is 34.8 Å². The van der Waals surface area contributed by atoms with E-state index < -0.39 is 4.84 Å². The van der Waals surface area contributed by atoms with Crippen LogP contribution in [0.3, 0.4) is 0 Å². The third kappa shape index (κ3) is 2.13. The van der Waals surface area contributed by atoms with Gasteiger partial charge < -0.3 is 0 Å². The maximum absolute atomic E-state index is 11.2. The summed E-state index contributed by atoms with van der Waals surface area (Å²) >= 11 is 16.5. The van der Waals surface area contributed by atoms with Gasteiger partial charge in [0.25, 0.3) is 0 Å². The van der Waals surface area contributed by atoms with E-state index in [0.717, 1.165) is 0 Å². The van der Waals surface area contributed by atoms with E-state index in [4.69, 9.17) is 34.8 Å². The summed E-state index contributed by atoms with van der Waals surface area (Å²) in [6, 6.07) is 6.64. The summed E-state index contributed by atoms with van der Waals surface area (Å²) in [6.45, 7) is 0. The topological polar surface area (TPSA) is 17.1 Å². The molecule has 1 aromatic rings. The lowest BCUT2D eigenvalue weighted by Crippen LogP contribution is -2.08. The highest BCUT2D eigenvalue weighted by Gasteiger charge is 2.16. The summed E-state index contributed by atoms with van der Waals surface area (Å²) in [7, 11) is 0. The van der Waals surface area contributed by atoms with Gasteiger partial charge in [-0.1, -0.05) is 46.9 Å². The highest BCUT2D eigenvalue weighted by molar-refractivity contribution is 6.56. The molecular formula is C8H5Cl3O. The zero-order chi connectivity index (χ0) is 9.14. The predicted molar refractivity (Wildman–Crippen MR) is 51.3 cm³/mol. The molecule has 0 atom stereocenters. The zero-order valence-electron chi connectivity index (χ0n) is 5.93. The van der Waals surface area contributed by atoms with Gasteiger partial charge in [-0.15, -0.1) is 0 Å². The van der Waals surface area contributed by atoms with E-state index in [-0.39, 0.29) is 5.78 Å². The fraction of sp³-hybridized carbons (Fsp3) is 0.125. The SMILES string of the molecule is O=C(c1ccccc1Cl)C(Cl)Cl. The highest BCUT2D eigenvalue weighted by Crippen LogP contribution is 2.19. The molecule has 0 N–H and O–H groups in total. The van der Waals surface area contributed by atoms with E-state index >= 15 is 0 Å². The van der Waals surface area contributed by atoms with Gasteiger partial charge >= 0.3 is 0 Å². The number of Topliss-reactive ketones (excluding diaryl/α,β-unsaturated/α-hetero) is 1. The van der Waals surface area contributed by atoms with Crippen molar-refractivity contribution in [3.8, 4) is 0 Å². The Labute approximate surface area is 85.2 Å². The number of benzene rings is 1. The maximum atomic E-state index is 11.2. The number of carbonyl (C=O) groups is 1. The fourth-order valence-electron chi connectivity index (χ4n) is 0.779. The Kier molecular flexibility index (Phi) is 3.39. The Bertz CT molecular complexity index is 296. The molecule has 0 amide bonds. The monoisotopic (exact) mass is 222 g/mol. The summed E-state index contributed by atoms with van der Waals surface area (Å²) in [6.07, 6.45) is 0. The third-order valence-corrected chi connectivity index (χ3v) is 2.06. The summed E-state index contributed by atoms with van der Waals surface area (Å²) in [5.41, 5.74) is 0.356. The number of halogens is 3. The summed E-state index contributed by atoms with van der Waals surface area (Å²) < 4.78 is 0. The van der Waals surface area contributed by atoms with Gasteiger partial charge in [-0.25, -0.2) is 0 Å². The van der Waals surface area contributed by atoms with Gasteiger partial charge in [0.15, 0.2) is 10.6 Å². The average molecular weight is 223 g/mol. The van der Waals surface area contributed by atoms with Crippen LogP contribution in [0.25, 0.3) is 0 Å². The Morgan fingerprint density at radius 3 is 2.33 bits per heavy atom. The van der Waals surface area contributed by atoms with Crippen LogP contribution in [0.2, 0.25) is 5.02 Å². The van der Waals surface area contributed by atoms with E-state index in [1.807, 2.05) is 0 Å². The maximum Gasteiger partial charge on any atom is 0.197 e. The van der Waals surface area contributed by atoms with Crippen LogP contribution in [0, 0.1) is 0 Å². The van der Waals surface area contributed by atoms with Crippen LogP contribution in [0.15, 0.2) is 24.3 Å². The fourth-order valence-corrected chi connectivity index (χ4v) is 1.24. The minimum Gasteiger partial charge on any atom is -0.291 e. The van der Waals surface area contributed by atoms with Crippen molar-refractivity contribution < 1.29 is 4.79 Å². The number of alkyl halides is 2. The molecule has 0 unspecified atom stereocenters. The van der Waals surface area contributed by atoms with Crippen LogP contribution in [0.4, 0.5) is 0 Å². The van der Waals surface area contributed by atoms with E-state index in [1.165, 1.54) is 0 Å². The smallest absolute Gasteiger partial charge is 0.197 e. The summed E-state index contributed by atoms with van der Waals surface area (Å²) in [5, 5.41) is 0.369. The minimum absolute atomic E-state index is 0.356. The first-order valence-electron chi connectivity index (χ1n) is 3.20. The highest BCUT2D eigenvalue weighted by atomic mass is 35.5. The van der Waals surface area contributed by atoms with Crippen LogP contribution < -0.4 is 0 Å². The van der Waals surface area contributed by atoms with Gasteiger partial charge in [0.2, 0.25) is 0 Å². The third-order valence-electron chi connectivity index (χ3n) is 1.34. The molecule has 0 radical (unpaired) electrons. The molecule has 64 valence electrons. The lowest BCUT2D eigenvalue weighted by Gasteiger charge is -2.02. The first kappa shape index (κ1) is 9.85. The lowest BCUT2D eigenvalue weighted by atomic mass is 10.1. The quantitative estimate of drug-likeness (QED) is 0.555. The molecule has 0 fully saturated rings. The zero-order valence-corrected chi connectivity index (χ0v) is 8.20. The van der Waals surface area contributed by atoms with Gasteiger partial charge in [-0.3, -0.25) is 4.79 Å². The molecule has 0 aliphatic carbocycles. The Hall–Kier alpha value is -0.240. The molecule has 4 heteroatoms. The molecular weight excluding hydrogens is 218 g/mol. The molecule has 1 rings (SSSR count). The van der Waals surface area contributed by atoms with E-state index in [9.17, 15) is 4.79 Å². The normalized spacial score (nSPS) is 10.3. The van der Waals surface area contributed by atoms with Gasteiger partial charge in [0.1, 0.15) is 0 Å². The molecule has 0 aliphatic heterocycles. The molecule has 0 aromatic heterocycles. The molecule has 0 spiro atoms. The number of rotatable bonds is 2. The second-order valence-corrected chi connectivity index (χ2v) is 3.65. The van der Waals surface area contributed by atoms with Crippen molar-refractivity contribution in [1.82, 2.24) is 0 Å². The molecule has 0 heterocycles. The summed E-state index contributed by atoms with van der Waals surface area (Å²) in [5.74, 6) is -0.371. The van der Waals surface area contributed by atoms with Gasteiger partial charge in [0, 0.05) is 5.56 Å². The van der Waals surface area contributed by atoms with Crippen molar-refractivity contribution in [2.75, 3.05) is 0 Å². The van der Waals surface area contributed by atoms with Crippen molar-refractivity contribution in [3.63, 3.8) is 0 Å². The van der Waals surface area contributed by atoms with Crippen molar-refractivity contribution in [3.05, 3.63) is 34.9 Å². The van der Waals surface area contributed by atoms with E-state index in [1.54, 1.807) is 24.3 Å². The predicted octanol–water partition coefficient (Wildman–Crippen LogP) is 3.33. The molecule has 0 saturated heterocycles. The van der Waals surface area contributed by atoms with Crippen molar-refractivity contribution in [2.24, 2.45) is 0 Å². The Balaban J connectivity index is 3.03. The molecule has 0 saturated carbocycles. The first-order chi connectivity index (χ1) is 5.63. The van der Waals surface area contributed by atoms with Crippen LogP contribution in [-0.4, -0.2) is 10.6 Å². The van der Waals surface area contributed by atoms with Gasteiger partial charge in [-0.2, -0.15) is 0 Å². The molecule has 0 aliphatic rings. The van der Waals surface area contributed by atoms with E-state index in [0.29, 0.717) is 10.6 Å². The van der Waals surface area contributed by atoms with Gasteiger partial charge in [-0.05, 0) is 12.1 Å². The van der Waals surface area contributed by atoms with Crippen LogP contribution in [-0.2, 0) is 0 Å². The van der Waals surface area contributed by atoms with E-state index in [2.05, 4.69) is 0 Å². The standard InChI is InChI=1S/C8H5Cl3O/c9-6-4-2-1-3-5(6)7(12)8(10)11/h1-4,8H. The number of carbonyl (C=O) groups excluding carboxylic acids is 1. The van der Waals surface area contributed by atoms with Crippen LogP contribution in [0.5, 0.6) is 0 Å². The lowest BCUT2D eigenvalue weighted by molar-refractivity contribution is 0.101. The second kappa shape index (κ2) is 4.13. The van der Waals surface area contributed by atoms with Gasteiger partial charge in [0.05, 0.1) is 5.02 Å². The van der Waals surface area contributed by atoms with Crippen molar-refractivity contribution >= 4 is 40.6 Å². The largest absolute Gasteiger partial charge is 0.291 e. The molecule has 12 heavy (non-hydrogen) atoms. The number of hydrogen-bond donors (Lipinski definition) is 0. The molecule has 0 bridgehead atoms. The second-order valence-electron chi connectivity index (χ2n) is 2.14. The number of ketones is 1. The minimum atomic E-state index is -1.05. The average Bonchev–Trinajstić information content (AvgIpc) is 2.04. The Morgan fingerprint density at radius 2 is 1.83 bits per heavy atom.